The molecule has 8 aromatic rings. The molecule has 1 aliphatic carbocycles. The molecule has 0 fully saturated rings. The Labute approximate surface area is 291 Å². The highest BCUT2D eigenvalue weighted by Crippen LogP contribution is 2.43. The number of fused-ring (bicyclic) bond motifs is 6. The quantitative estimate of drug-likeness (QED) is 0.178. The SMILES string of the molecule is C1=CCCC(C2=CC(c3cccc4c5ccccc5n(-c5ccccc5)c34)=NC(c3cccc4c5ccccc5n(-c5ccccc5)c34)C2)=C1. The van der Waals surface area contributed by atoms with Crippen molar-refractivity contribution in [1.29, 1.82) is 0 Å². The summed E-state index contributed by atoms with van der Waals surface area (Å²) in [6.45, 7) is 0. The van der Waals surface area contributed by atoms with Crippen LogP contribution >= 0.6 is 0 Å². The number of nitrogens with zero attached hydrogens (tertiary/aromatic N) is 3. The lowest BCUT2D eigenvalue weighted by Crippen LogP contribution is -2.14. The van der Waals surface area contributed by atoms with Crippen LogP contribution in [0.5, 0.6) is 0 Å². The maximum Gasteiger partial charge on any atom is 0.0817 e. The summed E-state index contributed by atoms with van der Waals surface area (Å²) in [6.07, 6.45) is 12.2. The van der Waals surface area contributed by atoms with Crippen LogP contribution in [0, 0.1) is 0 Å². The van der Waals surface area contributed by atoms with Gasteiger partial charge in [-0.1, -0.05) is 127 Å². The Kier molecular flexibility index (Phi) is 6.76. The number of aromatic nitrogens is 2. The van der Waals surface area contributed by atoms with Gasteiger partial charge in [-0.15, -0.1) is 0 Å². The molecule has 0 saturated heterocycles. The maximum atomic E-state index is 5.75. The molecular weight excluding hydrogens is 607 g/mol. The molecule has 2 aromatic heterocycles. The Bertz CT molecular complexity index is 2720. The molecular formula is C47H35N3. The highest BCUT2D eigenvalue weighted by atomic mass is 15.0. The molecule has 1 aliphatic heterocycles. The van der Waals surface area contributed by atoms with Crippen LogP contribution < -0.4 is 0 Å². The second-order valence-corrected chi connectivity index (χ2v) is 13.4. The van der Waals surface area contributed by atoms with Gasteiger partial charge in [0.25, 0.3) is 0 Å². The van der Waals surface area contributed by atoms with E-state index in [1.807, 2.05) is 0 Å². The number of aliphatic imine (C=N–C) groups is 1. The van der Waals surface area contributed by atoms with Gasteiger partial charge in [0, 0.05) is 44.0 Å². The molecule has 0 bridgehead atoms. The van der Waals surface area contributed by atoms with Gasteiger partial charge in [-0.05, 0) is 72.9 Å². The first kappa shape index (κ1) is 28.8. The number of benzene rings is 6. The van der Waals surface area contributed by atoms with Crippen LogP contribution in [0.1, 0.15) is 36.4 Å². The standard InChI is InChI=1S/C47H35N3/c1-4-16-32(17-5-1)33-30-42(40-26-14-24-38-36-22-10-12-28-44(36)49(46(38)40)34-18-6-2-7-19-34)48-43(31-33)41-27-15-25-39-37-23-11-13-29-45(37)50(47(39)41)35-20-8-3-9-21-35/h1-4,6-16,18-30,43H,5,17,31H2. The molecule has 0 radical (unpaired) electrons. The summed E-state index contributed by atoms with van der Waals surface area (Å²) in [7, 11) is 0. The number of rotatable bonds is 5. The minimum absolute atomic E-state index is 0.0582. The van der Waals surface area contributed by atoms with Crippen molar-refractivity contribution in [3.05, 3.63) is 192 Å². The van der Waals surface area contributed by atoms with Gasteiger partial charge in [-0.2, -0.15) is 0 Å². The van der Waals surface area contributed by atoms with Crippen molar-refractivity contribution in [3.63, 3.8) is 0 Å². The van der Waals surface area contributed by atoms with Gasteiger partial charge < -0.3 is 9.13 Å². The predicted octanol–water partition coefficient (Wildman–Crippen LogP) is 12.0. The van der Waals surface area contributed by atoms with Crippen molar-refractivity contribution < 1.29 is 0 Å². The highest BCUT2D eigenvalue weighted by Gasteiger charge is 2.27. The van der Waals surface area contributed by atoms with Gasteiger partial charge in [0.05, 0.1) is 33.8 Å². The molecule has 3 heterocycles. The number of hydrogen-bond donors (Lipinski definition) is 0. The lowest BCUT2D eigenvalue weighted by molar-refractivity contribution is 0.709. The van der Waals surface area contributed by atoms with Crippen molar-refractivity contribution in [1.82, 2.24) is 9.13 Å². The third kappa shape index (κ3) is 4.54. The Morgan fingerprint density at radius 2 is 1.10 bits per heavy atom. The van der Waals surface area contributed by atoms with Crippen molar-refractivity contribution in [2.45, 2.75) is 25.3 Å². The largest absolute Gasteiger partial charge is 0.309 e. The molecule has 1 atom stereocenters. The van der Waals surface area contributed by atoms with Crippen molar-refractivity contribution >= 4 is 49.3 Å². The fourth-order valence-corrected chi connectivity index (χ4v) is 8.33. The summed E-state index contributed by atoms with van der Waals surface area (Å²) in [5.74, 6) is 0. The summed E-state index contributed by atoms with van der Waals surface area (Å²) in [6, 6.07) is 52.6. The van der Waals surface area contributed by atoms with Crippen LogP contribution in [0.2, 0.25) is 0 Å². The second-order valence-electron chi connectivity index (χ2n) is 13.4. The van der Waals surface area contributed by atoms with E-state index in [-0.39, 0.29) is 6.04 Å². The van der Waals surface area contributed by atoms with Crippen LogP contribution in [0.4, 0.5) is 0 Å². The van der Waals surface area contributed by atoms with Gasteiger partial charge in [0.2, 0.25) is 0 Å². The summed E-state index contributed by atoms with van der Waals surface area (Å²) in [5.41, 5.74) is 13.4. The number of allylic oxidation sites excluding steroid dienone is 5. The summed E-state index contributed by atoms with van der Waals surface area (Å²) in [4.78, 5) is 5.75. The lowest BCUT2D eigenvalue weighted by atomic mass is 9.86. The highest BCUT2D eigenvalue weighted by molar-refractivity contribution is 6.22. The Balaban J connectivity index is 1.26. The molecule has 238 valence electrons. The van der Waals surface area contributed by atoms with E-state index < -0.39 is 0 Å². The van der Waals surface area contributed by atoms with Gasteiger partial charge in [-0.3, -0.25) is 4.99 Å². The first-order valence-electron chi connectivity index (χ1n) is 17.6. The molecule has 1 unspecified atom stereocenters. The fraction of sp³-hybridized carbons (Fsp3) is 0.0851. The lowest BCUT2D eigenvalue weighted by Gasteiger charge is -2.26. The van der Waals surface area contributed by atoms with Gasteiger partial charge in [0.15, 0.2) is 0 Å². The van der Waals surface area contributed by atoms with E-state index in [2.05, 4.69) is 179 Å². The Morgan fingerprint density at radius 1 is 0.520 bits per heavy atom. The summed E-state index contributed by atoms with van der Waals surface area (Å²) in [5, 5.41) is 5.03. The number of para-hydroxylation sites is 6. The fourth-order valence-electron chi connectivity index (χ4n) is 8.33. The van der Waals surface area contributed by atoms with E-state index in [0.717, 1.165) is 36.2 Å². The molecule has 3 heteroatoms. The predicted molar refractivity (Wildman–Crippen MR) is 210 cm³/mol. The van der Waals surface area contributed by atoms with Crippen molar-refractivity contribution in [2.75, 3.05) is 0 Å². The molecule has 10 rings (SSSR count). The molecule has 50 heavy (non-hydrogen) atoms. The van der Waals surface area contributed by atoms with Crippen molar-refractivity contribution in [3.8, 4) is 11.4 Å². The van der Waals surface area contributed by atoms with Crippen LogP contribution in [-0.2, 0) is 0 Å². The van der Waals surface area contributed by atoms with Crippen LogP contribution in [0.3, 0.4) is 0 Å². The summed E-state index contributed by atoms with van der Waals surface area (Å²) < 4.78 is 4.88. The second kappa shape index (κ2) is 11.7. The topological polar surface area (TPSA) is 22.2 Å². The van der Waals surface area contributed by atoms with E-state index in [0.29, 0.717) is 0 Å². The number of dihydropyridines is 1. The third-order valence-corrected chi connectivity index (χ3v) is 10.5. The molecule has 0 spiro atoms. The number of hydrogen-bond acceptors (Lipinski definition) is 1. The monoisotopic (exact) mass is 641 g/mol. The average Bonchev–Trinajstić information content (AvgIpc) is 3.72. The molecule has 6 aromatic carbocycles. The molecule has 3 nitrogen and oxygen atoms in total. The minimum atomic E-state index is -0.0582. The van der Waals surface area contributed by atoms with Gasteiger partial charge >= 0.3 is 0 Å². The van der Waals surface area contributed by atoms with E-state index >= 15 is 0 Å². The Hall–Kier alpha value is -6.19. The van der Waals surface area contributed by atoms with Gasteiger partial charge in [-0.25, -0.2) is 0 Å². The van der Waals surface area contributed by atoms with E-state index in [9.17, 15) is 0 Å². The normalized spacial score (nSPS) is 16.2. The van der Waals surface area contributed by atoms with Crippen LogP contribution in [0.15, 0.2) is 186 Å². The maximum absolute atomic E-state index is 5.75. The zero-order valence-electron chi connectivity index (χ0n) is 27.7. The zero-order chi connectivity index (χ0) is 33.0. The minimum Gasteiger partial charge on any atom is -0.309 e. The van der Waals surface area contributed by atoms with E-state index in [4.69, 9.17) is 4.99 Å². The van der Waals surface area contributed by atoms with E-state index in [1.165, 1.54) is 66.0 Å². The zero-order valence-corrected chi connectivity index (χ0v) is 27.7. The third-order valence-electron chi connectivity index (χ3n) is 10.5. The molecule has 0 amide bonds. The van der Waals surface area contributed by atoms with Crippen LogP contribution in [0.25, 0.3) is 55.0 Å². The summed E-state index contributed by atoms with van der Waals surface area (Å²) >= 11 is 0. The van der Waals surface area contributed by atoms with E-state index in [1.54, 1.807) is 0 Å². The Morgan fingerprint density at radius 3 is 1.76 bits per heavy atom. The molecule has 0 N–H and O–H groups in total. The first-order valence-corrected chi connectivity index (χ1v) is 17.6. The molecule has 2 aliphatic rings. The molecule has 0 saturated carbocycles. The smallest absolute Gasteiger partial charge is 0.0817 e. The first-order chi connectivity index (χ1) is 24.8. The average molecular weight is 642 g/mol. The van der Waals surface area contributed by atoms with Gasteiger partial charge in [0.1, 0.15) is 0 Å². The van der Waals surface area contributed by atoms with Crippen LogP contribution in [-0.4, -0.2) is 14.8 Å². The van der Waals surface area contributed by atoms with Crippen molar-refractivity contribution in [2.24, 2.45) is 4.99 Å².